The SMILES string of the molecule is CCCN(CCC)[C@H]1CC[C@H](N(CC(=O)O)Cc2ccc(S(=O)(=O)N(Cc3ncc[nH]3)Cc3ncc[nH]3)cc2)CC1. The Labute approximate surface area is 243 Å². The van der Waals surface area contributed by atoms with E-state index in [2.05, 4.69) is 38.7 Å². The van der Waals surface area contributed by atoms with Crippen molar-refractivity contribution >= 4 is 16.0 Å². The highest BCUT2D eigenvalue weighted by Gasteiger charge is 2.30. The molecule has 41 heavy (non-hydrogen) atoms. The van der Waals surface area contributed by atoms with Crippen molar-refractivity contribution in [3.05, 3.63) is 66.3 Å². The summed E-state index contributed by atoms with van der Waals surface area (Å²) in [5, 5.41) is 9.65. The minimum absolute atomic E-state index is 0.0386. The molecule has 0 saturated heterocycles. The fraction of sp³-hybridized carbons (Fsp3) is 0.552. The molecule has 3 aromatic rings. The third-order valence-electron chi connectivity index (χ3n) is 7.77. The first-order chi connectivity index (χ1) is 19.8. The van der Waals surface area contributed by atoms with E-state index in [1.165, 1.54) is 4.31 Å². The van der Waals surface area contributed by atoms with Crippen molar-refractivity contribution in [1.82, 2.24) is 34.0 Å². The molecule has 0 spiro atoms. The van der Waals surface area contributed by atoms with Gasteiger partial charge in [0.2, 0.25) is 10.0 Å². The van der Waals surface area contributed by atoms with Crippen molar-refractivity contribution in [2.45, 2.75) is 89.0 Å². The lowest BCUT2D eigenvalue weighted by Crippen LogP contribution is -2.45. The fourth-order valence-electron chi connectivity index (χ4n) is 5.81. The standard InChI is InChI=1S/C29H43N7O4S/c1-3-17-34(18-4-2)24-7-9-25(10-8-24)35(22-29(37)38)19-23-5-11-26(12-6-23)41(39,40)36(20-27-30-13-14-31-27)21-28-32-15-16-33-28/h5-6,11-16,24-25H,3-4,7-10,17-22H2,1-2H3,(H,30,31)(H,32,33)(H,37,38)/t24-,25-. The molecule has 2 aromatic heterocycles. The topological polar surface area (TPSA) is 139 Å². The summed E-state index contributed by atoms with van der Waals surface area (Å²) in [7, 11) is -3.86. The number of nitrogens with one attached hydrogen (secondary N) is 2. The van der Waals surface area contributed by atoms with Crippen molar-refractivity contribution in [3.8, 4) is 0 Å². The first kappa shape index (κ1) is 30.9. The lowest BCUT2D eigenvalue weighted by Gasteiger charge is -2.40. The van der Waals surface area contributed by atoms with Crippen LogP contribution in [0.1, 0.15) is 69.6 Å². The van der Waals surface area contributed by atoms with Crippen LogP contribution in [0, 0.1) is 0 Å². The number of hydrogen-bond acceptors (Lipinski definition) is 7. The van der Waals surface area contributed by atoms with Crippen LogP contribution >= 0.6 is 0 Å². The Morgan fingerprint density at radius 3 is 1.80 bits per heavy atom. The first-order valence-corrected chi connectivity index (χ1v) is 16.0. The van der Waals surface area contributed by atoms with Crippen LogP contribution in [0.2, 0.25) is 0 Å². The van der Waals surface area contributed by atoms with Crippen molar-refractivity contribution in [2.24, 2.45) is 0 Å². The van der Waals surface area contributed by atoms with Crippen molar-refractivity contribution in [2.75, 3.05) is 19.6 Å². The average Bonchev–Trinajstić information content (AvgIpc) is 3.67. The van der Waals surface area contributed by atoms with Gasteiger partial charge in [-0.05, 0) is 69.3 Å². The molecule has 0 atom stereocenters. The molecule has 3 N–H and O–H groups in total. The molecule has 0 aliphatic heterocycles. The second kappa shape index (κ2) is 14.7. The van der Waals surface area contributed by atoms with E-state index in [1.807, 2.05) is 4.90 Å². The Morgan fingerprint density at radius 1 is 0.854 bits per heavy atom. The molecule has 12 heteroatoms. The van der Waals surface area contributed by atoms with Crippen molar-refractivity contribution in [1.29, 1.82) is 0 Å². The molecule has 0 bridgehead atoms. The largest absolute Gasteiger partial charge is 0.480 e. The van der Waals surface area contributed by atoms with Crippen LogP contribution in [-0.4, -0.2) is 85.3 Å². The van der Waals surface area contributed by atoms with Gasteiger partial charge in [0, 0.05) is 43.4 Å². The normalized spacial score (nSPS) is 18.0. The predicted molar refractivity (Wildman–Crippen MR) is 156 cm³/mol. The third kappa shape index (κ3) is 8.48. The Hall–Kier alpha value is -3.06. The molecule has 1 fully saturated rings. The molecule has 4 rings (SSSR count). The maximum absolute atomic E-state index is 13.6. The summed E-state index contributed by atoms with van der Waals surface area (Å²) < 4.78 is 28.6. The lowest BCUT2D eigenvalue weighted by molar-refractivity contribution is -0.139. The zero-order valence-corrected chi connectivity index (χ0v) is 24.9. The van der Waals surface area contributed by atoms with Crippen LogP contribution in [0.3, 0.4) is 0 Å². The maximum atomic E-state index is 13.6. The zero-order chi connectivity index (χ0) is 29.2. The van der Waals surface area contributed by atoms with Gasteiger partial charge < -0.3 is 20.0 Å². The van der Waals surface area contributed by atoms with Crippen LogP contribution in [0.4, 0.5) is 0 Å². The van der Waals surface area contributed by atoms with E-state index in [-0.39, 0.29) is 30.6 Å². The molecule has 11 nitrogen and oxygen atoms in total. The molecular weight excluding hydrogens is 542 g/mol. The molecule has 0 radical (unpaired) electrons. The number of aromatic amines is 2. The van der Waals surface area contributed by atoms with Crippen molar-refractivity contribution in [3.63, 3.8) is 0 Å². The highest BCUT2D eigenvalue weighted by atomic mass is 32.2. The van der Waals surface area contributed by atoms with Gasteiger partial charge in [0.15, 0.2) is 0 Å². The summed E-state index contributed by atoms with van der Waals surface area (Å²) in [5.74, 6) is 0.211. The Morgan fingerprint density at radius 2 is 1.37 bits per heavy atom. The second-order valence-corrected chi connectivity index (χ2v) is 12.7. The van der Waals surface area contributed by atoms with E-state index in [0.717, 1.165) is 57.2 Å². The molecule has 1 aliphatic carbocycles. The van der Waals surface area contributed by atoms with Gasteiger partial charge in [-0.3, -0.25) is 9.69 Å². The number of carbonyl (C=O) groups is 1. The average molecular weight is 586 g/mol. The highest BCUT2D eigenvalue weighted by molar-refractivity contribution is 7.89. The van der Waals surface area contributed by atoms with Gasteiger partial charge in [-0.25, -0.2) is 18.4 Å². The van der Waals surface area contributed by atoms with Crippen molar-refractivity contribution < 1.29 is 18.3 Å². The number of carboxylic acids is 1. The van der Waals surface area contributed by atoms with Gasteiger partial charge in [-0.15, -0.1) is 0 Å². The van der Waals surface area contributed by atoms with E-state index in [1.54, 1.807) is 49.1 Å². The summed E-state index contributed by atoms with van der Waals surface area (Å²) in [4.78, 5) is 30.9. The summed E-state index contributed by atoms with van der Waals surface area (Å²) in [6.07, 6.45) is 12.8. The fourth-order valence-corrected chi connectivity index (χ4v) is 7.17. The van der Waals surface area contributed by atoms with Crippen LogP contribution in [0.25, 0.3) is 0 Å². The predicted octanol–water partition coefficient (Wildman–Crippen LogP) is 3.84. The van der Waals surface area contributed by atoms with Gasteiger partial charge in [0.1, 0.15) is 11.6 Å². The number of hydrogen-bond donors (Lipinski definition) is 3. The van der Waals surface area contributed by atoms with E-state index in [9.17, 15) is 18.3 Å². The number of aliphatic carboxylic acids is 1. The third-order valence-corrected chi connectivity index (χ3v) is 9.57. The zero-order valence-electron chi connectivity index (χ0n) is 24.1. The number of carboxylic acid groups (broad SMARTS) is 1. The summed E-state index contributed by atoms with van der Waals surface area (Å²) >= 11 is 0. The number of rotatable bonds is 16. The molecule has 0 unspecified atom stereocenters. The maximum Gasteiger partial charge on any atom is 0.317 e. The van der Waals surface area contributed by atoms with E-state index in [0.29, 0.717) is 24.2 Å². The van der Waals surface area contributed by atoms with Gasteiger partial charge in [0.25, 0.3) is 0 Å². The molecule has 1 aliphatic rings. The monoisotopic (exact) mass is 585 g/mol. The Balaban J connectivity index is 1.45. The van der Waals surface area contributed by atoms with E-state index >= 15 is 0 Å². The molecule has 2 heterocycles. The Bertz CT molecular complexity index is 1250. The van der Waals surface area contributed by atoms with Gasteiger partial charge in [-0.1, -0.05) is 26.0 Å². The second-order valence-electron chi connectivity index (χ2n) is 10.8. The summed E-state index contributed by atoms with van der Waals surface area (Å²) in [6.45, 7) is 7.21. The first-order valence-electron chi connectivity index (χ1n) is 14.6. The highest BCUT2D eigenvalue weighted by Crippen LogP contribution is 2.28. The van der Waals surface area contributed by atoms with Crippen LogP contribution in [0.5, 0.6) is 0 Å². The molecule has 1 aromatic carbocycles. The quantitative estimate of drug-likeness (QED) is 0.231. The van der Waals surface area contributed by atoms with E-state index in [4.69, 9.17) is 0 Å². The summed E-state index contributed by atoms with van der Waals surface area (Å²) in [6, 6.07) is 7.53. The minimum atomic E-state index is -3.86. The molecule has 224 valence electrons. The number of H-pyrrole nitrogens is 2. The number of sulfonamides is 1. The van der Waals surface area contributed by atoms with E-state index < -0.39 is 16.0 Å². The smallest absolute Gasteiger partial charge is 0.317 e. The van der Waals surface area contributed by atoms with Crippen LogP contribution in [0.15, 0.2) is 53.9 Å². The number of aromatic nitrogens is 4. The van der Waals surface area contributed by atoms with Crippen LogP contribution in [-0.2, 0) is 34.5 Å². The number of nitrogens with zero attached hydrogens (tertiary/aromatic N) is 5. The molecule has 1 saturated carbocycles. The van der Waals surface area contributed by atoms with Gasteiger partial charge >= 0.3 is 5.97 Å². The van der Waals surface area contributed by atoms with Gasteiger partial charge in [-0.2, -0.15) is 4.31 Å². The summed E-state index contributed by atoms with van der Waals surface area (Å²) in [5.41, 5.74) is 0.884. The molecule has 0 amide bonds. The Kier molecular flexibility index (Phi) is 11.1. The lowest BCUT2D eigenvalue weighted by atomic mass is 9.88. The van der Waals surface area contributed by atoms with Gasteiger partial charge in [0.05, 0.1) is 24.5 Å². The minimum Gasteiger partial charge on any atom is -0.480 e. The molecular formula is C29H43N7O4S. The number of benzene rings is 1. The van der Waals surface area contributed by atoms with Crippen LogP contribution < -0.4 is 0 Å². The number of imidazole rings is 2.